The molecule has 0 atom stereocenters. The van der Waals surface area contributed by atoms with E-state index in [4.69, 9.17) is 5.73 Å². The highest BCUT2D eigenvalue weighted by atomic mass is 32.2. The second-order valence-electron chi connectivity index (χ2n) is 5.58. The normalized spacial score (nSPS) is 12.3. The van der Waals surface area contributed by atoms with Crippen LogP contribution in [0.2, 0.25) is 0 Å². The van der Waals surface area contributed by atoms with E-state index in [-0.39, 0.29) is 5.88 Å². The molecular formula is C16H21NO2S. The SMILES string of the molecule is Cc1cc(S(=O)(=O)CN)c2c(C)ccc(C(C)C)cc1-2. The molecule has 0 heterocycles. The van der Waals surface area contributed by atoms with Crippen LogP contribution in [0, 0.1) is 13.8 Å². The van der Waals surface area contributed by atoms with Crippen LogP contribution in [-0.2, 0) is 9.84 Å². The van der Waals surface area contributed by atoms with Gasteiger partial charge in [-0.3, -0.25) is 0 Å². The summed E-state index contributed by atoms with van der Waals surface area (Å²) in [5.74, 6) is 0.0366. The molecule has 2 N–H and O–H groups in total. The van der Waals surface area contributed by atoms with E-state index in [9.17, 15) is 8.42 Å². The summed E-state index contributed by atoms with van der Waals surface area (Å²) in [5, 5.41) is 0. The van der Waals surface area contributed by atoms with Gasteiger partial charge in [0.05, 0.1) is 4.90 Å². The minimum absolute atomic E-state index is 0.357. The maximum Gasteiger partial charge on any atom is 0.191 e. The van der Waals surface area contributed by atoms with E-state index >= 15 is 0 Å². The van der Waals surface area contributed by atoms with Gasteiger partial charge in [-0.05, 0) is 48.1 Å². The Morgan fingerprint density at radius 2 is 1.75 bits per heavy atom. The Morgan fingerprint density at radius 1 is 1.10 bits per heavy atom. The molecule has 3 nitrogen and oxygen atoms in total. The number of aryl methyl sites for hydroxylation is 2. The number of hydrogen-bond donors (Lipinski definition) is 1. The summed E-state index contributed by atoms with van der Waals surface area (Å²) >= 11 is 0. The molecule has 0 saturated carbocycles. The molecule has 4 heteroatoms. The molecule has 2 aliphatic rings. The van der Waals surface area contributed by atoms with Gasteiger partial charge in [-0.2, -0.15) is 0 Å². The van der Waals surface area contributed by atoms with Crippen LogP contribution in [0.1, 0.15) is 36.5 Å². The first kappa shape index (κ1) is 15.0. The van der Waals surface area contributed by atoms with Crippen molar-refractivity contribution in [3.63, 3.8) is 0 Å². The highest BCUT2D eigenvalue weighted by Crippen LogP contribution is 2.38. The molecule has 108 valence electrons. The van der Waals surface area contributed by atoms with Crippen molar-refractivity contribution in [1.29, 1.82) is 0 Å². The molecule has 0 aromatic carbocycles. The predicted octanol–water partition coefficient (Wildman–Crippen LogP) is 3.22. The number of rotatable bonds is 3. The molecule has 0 bridgehead atoms. The van der Waals surface area contributed by atoms with Gasteiger partial charge in [-0.15, -0.1) is 0 Å². The highest BCUT2D eigenvalue weighted by Gasteiger charge is 2.24. The fourth-order valence-electron chi connectivity index (χ4n) is 2.48. The summed E-state index contributed by atoms with van der Waals surface area (Å²) in [6, 6.07) is 7.90. The van der Waals surface area contributed by atoms with Crippen LogP contribution in [0.5, 0.6) is 0 Å². The van der Waals surface area contributed by atoms with Crippen LogP contribution in [-0.4, -0.2) is 14.3 Å². The molecule has 0 unspecified atom stereocenters. The van der Waals surface area contributed by atoms with E-state index in [2.05, 4.69) is 26.0 Å². The minimum Gasteiger partial charge on any atom is -0.317 e. The first-order valence-electron chi connectivity index (χ1n) is 6.74. The van der Waals surface area contributed by atoms with E-state index in [1.54, 1.807) is 6.07 Å². The Labute approximate surface area is 121 Å². The lowest BCUT2D eigenvalue weighted by atomic mass is 10.0. The van der Waals surface area contributed by atoms with Crippen LogP contribution in [0.15, 0.2) is 29.2 Å². The topological polar surface area (TPSA) is 60.2 Å². The lowest BCUT2D eigenvalue weighted by Crippen LogP contribution is -2.14. The van der Waals surface area contributed by atoms with Crippen LogP contribution < -0.4 is 5.73 Å². The molecule has 20 heavy (non-hydrogen) atoms. The largest absolute Gasteiger partial charge is 0.317 e. The van der Waals surface area contributed by atoms with Gasteiger partial charge in [0.25, 0.3) is 0 Å². The quantitative estimate of drug-likeness (QED) is 0.944. The van der Waals surface area contributed by atoms with Crippen molar-refractivity contribution in [3.05, 3.63) is 41.0 Å². The molecule has 0 aromatic heterocycles. The van der Waals surface area contributed by atoms with E-state index in [1.807, 2.05) is 19.9 Å². The van der Waals surface area contributed by atoms with Crippen LogP contribution >= 0.6 is 0 Å². The van der Waals surface area contributed by atoms with E-state index < -0.39 is 9.84 Å². The average molecular weight is 291 g/mol. The van der Waals surface area contributed by atoms with Crippen molar-refractivity contribution in [1.82, 2.24) is 0 Å². The van der Waals surface area contributed by atoms with Crippen LogP contribution in [0.25, 0.3) is 11.1 Å². The molecule has 0 radical (unpaired) electrons. The fourth-order valence-corrected chi connectivity index (χ4v) is 3.60. The highest BCUT2D eigenvalue weighted by molar-refractivity contribution is 7.91. The summed E-state index contributed by atoms with van der Waals surface area (Å²) in [6.45, 7) is 8.15. The minimum atomic E-state index is -3.41. The fraction of sp³-hybridized carbons (Fsp3) is 0.375. The lowest BCUT2D eigenvalue weighted by molar-refractivity contribution is 0.597. The third-order valence-corrected chi connectivity index (χ3v) is 5.17. The zero-order valence-corrected chi connectivity index (χ0v) is 13.2. The van der Waals surface area contributed by atoms with Gasteiger partial charge in [0.15, 0.2) is 9.84 Å². The number of fused-ring (bicyclic) bond motifs is 1. The summed E-state index contributed by atoms with van der Waals surface area (Å²) in [6.07, 6.45) is 0. The first-order valence-corrected chi connectivity index (χ1v) is 8.40. The monoisotopic (exact) mass is 291 g/mol. The van der Waals surface area contributed by atoms with Gasteiger partial charge in [0.1, 0.15) is 5.88 Å². The van der Waals surface area contributed by atoms with Crippen molar-refractivity contribution in [2.24, 2.45) is 5.73 Å². The summed E-state index contributed by atoms with van der Waals surface area (Å²) in [5.41, 5.74) is 10.4. The Morgan fingerprint density at radius 3 is 2.30 bits per heavy atom. The zero-order valence-electron chi connectivity index (χ0n) is 12.4. The molecule has 0 aromatic rings. The number of hydrogen-bond acceptors (Lipinski definition) is 3. The molecule has 2 rings (SSSR count). The second-order valence-corrected chi connectivity index (χ2v) is 7.58. The zero-order chi connectivity index (χ0) is 15.1. The Balaban J connectivity index is 2.83. The van der Waals surface area contributed by atoms with Crippen molar-refractivity contribution >= 4 is 9.84 Å². The van der Waals surface area contributed by atoms with Gasteiger partial charge < -0.3 is 5.73 Å². The number of sulfone groups is 1. The summed E-state index contributed by atoms with van der Waals surface area (Å²) in [4.78, 5) is 0.357. The van der Waals surface area contributed by atoms with Crippen molar-refractivity contribution in [3.8, 4) is 11.1 Å². The lowest BCUT2D eigenvalue weighted by Gasteiger charge is -2.06. The smallest absolute Gasteiger partial charge is 0.191 e. The second kappa shape index (κ2) is 5.19. The molecule has 0 saturated heterocycles. The molecule has 0 spiro atoms. The third-order valence-electron chi connectivity index (χ3n) is 3.74. The van der Waals surface area contributed by atoms with E-state index in [0.29, 0.717) is 10.8 Å². The van der Waals surface area contributed by atoms with E-state index in [1.165, 1.54) is 5.56 Å². The Bertz CT molecular complexity index is 718. The molecular weight excluding hydrogens is 270 g/mol. The van der Waals surface area contributed by atoms with Gasteiger partial charge >= 0.3 is 0 Å². The number of nitrogens with two attached hydrogens (primary N) is 1. The molecule has 0 amide bonds. The Hall–Kier alpha value is -1.39. The standard InChI is InChI=1S/C16H21NO2S/c1-10(2)13-6-5-11(3)16-14(8-13)12(4)7-15(16)20(18,19)9-17/h5-8,10H,9,17H2,1-4H3. The van der Waals surface area contributed by atoms with Crippen molar-refractivity contribution < 1.29 is 8.42 Å². The molecule has 0 fully saturated rings. The maximum absolute atomic E-state index is 12.2. The third kappa shape index (κ3) is 2.45. The summed E-state index contributed by atoms with van der Waals surface area (Å²) in [7, 11) is -3.41. The first-order chi connectivity index (χ1) is 9.27. The maximum atomic E-state index is 12.2. The summed E-state index contributed by atoms with van der Waals surface area (Å²) < 4.78 is 24.4. The van der Waals surface area contributed by atoms with Crippen LogP contribution in [0.4, 0.5) is 0 Å². The van der Waals surface area contributed by atoms with Gasteiger partial charge in [0, 0.05) is 5.56 Å². The van der Waals surface area contributed by atoms with Gasteiger partial charge in [-0.25, -0.2) is 8.42 Å². The van der Waals surface area contributed by atoms with Crippen molar-refractivity contribution in [2.75, 3.05) is 5.88 Å². The van der Waals surface area contributed by atoms with Crippen molar-refractivity contribution in [2.45, 2.75) is 38.5 Å². The average Bonchev–Trinajstić information content (AvgIpc) is 2.60. The van der Waals surface area contributed by atoms with Crippen LogP contribution in [0.3, 0.4) is 0 Å². The molecule has 0 aliphatic heterocycles. The van der Waals surface area contributed by atoms with E-state index in [0.717, 1.165) is 22.3 Å². The van der Waals surface area contributed by atoms with Gasteiger partial charge in [0.2, 0.25) is 0 Å². The predicted molar refractivity (Wildman–Crippen MR) is 82.9 cm³/mol. The Kier molecular flexibility index (Phi) is 3.89. The molecule has 2 aliphatic carbocycles. The van der Waals surface area contributed by atoms with Gasteiger partial charge in [-0.1, -0.05) is 32.0 Å².